The molecule has 0 heterocycles. The van der Waals surface area contributed by atoms with Crippen LogP contribution in [0.2, 0.25) is 0 Å². The quantitative estimate of drug-likeness (QED) is 0.712. The second-order valence-corrected chi connectivity index (χ2v) is 7.33. The summed E-state index contributed by atoms with van der Waals surface area (Å²) < 4.78 is 0. The van der Waals surface area contributed by atoms with Gasteiger partial charge in [0.15, 0.2) is 0 Å². The van der Waals surface area contributed by atoms with Crippen LogP contribution < -0.4 is 0 Å². The smallest absolute Gasteiger partial charge is 0.0248 e. The molecular weight excluding hydrogens is 264 g/mol. The molecular formula is C22H26. The summed E-state index contributed by atoms with van der Waals surface area (Å²) in [5.41, 5.74) is 6.44. The summed E-state index contributed by atoms with van der Waals surface area (Å²) in [6.45, 7) is 0. The van der Waals surface area contributed by atoms with Gasteiger partial charge in [-0.2, -0.15) is 0 Å². The molecule has 0 spiro atoms. The summed E-state index contributed by atoms with van der Waals surface area (Å²) in [5.74, 6) is 1.85. The molecule has 0 radical (unpaired) electrons. The van der Waals surface area contributed by atoms with Gasteiger partial charge in [-0.05, 0) is 85.5 Å². The van der Waals surface area contributed by atoms with E-state index in [1.165, 1.54) is 51.4 Å². The van der Waals surface area contributed by atoms with Crippen LogP contribution in [0.5, 0.6) is 0 Å². The fourth-order valence-corrected chi connectivity index (χ4v) is 4.51. The maximum Gasteiger partial charge on any atom is -0.0248 e. The van der Waals surface area contributed by atoms with Crippen molar-refractivity contribution >= 4 is 0 Å². The molecule has 2 aromatic rings. The molecule has 2 aliphatic rings. The first-order chi connectivity index (χ1) is 10.9. The molecule has 2 unspecified atom stereocenters. The highest BCUT2D eigenvalue weighted by Gasteiger charge is 2.22. The molecule has 0 aromatic heterocycles. The second kappa shape index (κ2) is 6.28. The van der Waals surface area contributed by atoms with Gasteiger partial charge in [-0.3, -0.25) is 0 Å². The normalized spacial score (nSPS) is 23.6. The predicted octanol–water partition coefficient (Wildman–Crippen LogP) is 5.38. The number of rotatable bonds is 3. The van der Waals surface area contributed by atoms with Gasteiger partial charge in [0.25, 0.3) is 0 Å². The van der Waals surface area contributed by atoms with Crippen molar-refractivity contribution in [3.63, 3.8) is 0 Å². The Morgan fingerprint density at radius 3 is 1.45 bits per heavy atom. The van der Waals surface area contributed by atoms with E-state index in [1.54, 1.807) is 22.3 Å². The summed E-state index contributed by atoms with van der Waals surface area (Å²) in [4.78, 5) is 0. The Morgan fingerprint density at radius 1 is 0.591 bits per heavy atom. The third kappa shape index (κ3) is 2.97. The van der Waals surface area contributed by atoms with E-state index in [0.717, 1.165) is 11.8 Å². The highest BCUT2D eigenvalue weighted by atomic mass is 14.3. The number of benzene rings is 2. The lowest BCUT2D eigenvalue weighted by Gasteiger charge is -2.28. The first-order valence-corrected chi connectivity index (χ1v) is 9.02. The summed E-state index contributed by atoms with van der Waals surface area (Å²) in [5, 5.41) is 0. The van der Waals surface area contributed by atoms with E-state index in [-0.39, 0.29) is 0 Å². The molecule has 22 heavy (non-hydrogen) atoms. The van der Waals surface area contributed by atoms with E-state index >= 15 is 0 Å². The average Bonchev–Trinajstić information content (AvgIpc) is 2.59. The average molecular weight is 290 g/mol. The number of fused-ring (bicyclic) bond motifs is 2. The lowest BCUT2D eigenvalue weighted by atomic mass is 9.77. The third-order valence-electron chi connectivity index (χ3n) is 5.88. The third-order valence-corrected chi connectivity index (χ3v) is 5.88. The van der Waals surface area contributed by atoms with E-state index < -0.39 is 0 Å². The largest absolute Gasteiger partial charge is 0.0620 e. The van der Waals surface area contributed by atoms with E-state index in [0.29, 0.717) is 0 Å². The summed E-state index contributed by atoms with van der Waals surface area (Å²) in [6, 6.07) is 18.1. The summed E-state index contributed by atoms with van der Waals surface area (Å²) >= 11 is 0. The van der Waals surface area contributed by atoms with Crippen molar-refractivity contribution < 1.29 is 0 Å². The molecule has 2 aromatic carbocycles. The lowest BCUT2D eigenvalue weighted by Crippen LogP contribution is -2.18. The Hall–Kier alpha value is -1.56. The van der Waals surface area contributed by atoms with E-state index in [1.807, 2.05) is 0 Å². The summed E-state index contributed by atoms with van der Waals surface area (Å²) in [7, 11) is 0. The molecule has 0 saturated heterocycles. The standard InChI is InChI=1S/C22H26/c1-3-7-21-15-17(11-13-19(21)5-1)9-10-18-12-14-20-6-2-4-8-22(20)16-18/h1-8,17-18H,9-16H2. The van der Waals surface area contributed by atoms with Gasteiger partial charge in [-0.15, -0.1) is 0 Å². The summed E-state index contributed by atoms with van der Waals surface area (Å²) in [6.07, 6.45) is 10.9. The van der Waals surface area contributed by atoms with Crippen molar-refractivity contribution in [2.75, 3.05) is 0 Å². The Labute approximate surface area is 134 Å². The Morgan fingerprint density at radius 2 is 1.00 bits per heavy atom. The minimum atomic E-state index is 0.923. The Bertz CT molecular complexity index is 582. The minimum absolute atomic E-state index is 0.923. The van der Waals surface area contributed by atoms with E-state index in [4.69, 9.17) is 0 Å². The Kier molecular flexibility index (Phi) is 4.01. The van der Waals surface area contributed by atoms with Gasteiger partial charge in [0.1, 0.15) is 0 Å². The first kappa shape index (κ1) is 14.1. The van der Waals surface area contributed by atoms with Gasteiger partial charge in [-0.1, -0.05) is 48.5 Å². The SMILES string of the molecule is c1ccc2c(c1)CCC(CCC1CCc3ccccc3C1)C2. The van der Waals surface area contributed by atoms with Crippen molar-refractivity contribution in [3.05, 3.63) is 70.8 Å². The Balaban J connectivity index is 1.33. The highest BCUT2D eigenvalue weighted by molar-refractivity contribution is 5.30. The van der Waals surface area contributed by atoms with Crippen LogP contribution in [0.25, 0.3) is 0 Å². The van der Waals surface area contributed by atoms with Gasteiger partial charge in [0, 0.05) is 0 Å². The number of hydrogen-bond donors (Lipinski definition) is 0. The zero-order valence-corrected chi connectivity index (χ0v) is 13.4. The zero-order chi connectivity index (χ0) is 14.8. The molecule has 0 saturated carbocycles. The zero-order valence-electron chi connectivity index (χ0n) is 13.4. The molecule has 0 amide bonds. The molecule has 2 atom stereocenters. The van der Waals surface area contributed by atoms with Gasteiger partial charge in [0.05, 0.1) is 0 Å². The molecule has 2 aliphatic carbocycles. The fraction of sp³-hybridized carbons (Fsp3) is 0.455. The lowest BCUT2D eigenvalue weighted by molar-refractivity contribution is 0.342. The van der Waals surface area contributed by atoms with Crippen LogP contribution in [0.4, 0.5) is 0 Å². The van der Waals surface area contributed by atoms with Gasteiger partial charge >= 0.3 is 0 Å². The van der Waals surface area contributed by atoms with Crippen molar-refractivity contribution in [2.24, 2.45) is 11.8 Å². The molecule has 0 N–H and O–H groups in total. The minimum Gasteiger partial charge on any atom is -0.0620 e. The second-order valence-electron chi connectivity index (χ2n) is 7.33. The maximum absolute atomic E-state index is 2.35. The van der Waals surface area contributed by atoms with Crippen LogP contribution in [-0.4, -0.2) is 0 Å². The van der Waals surface area contributed by atoms with Gasteiger partial charge in [-0.25, -0.2) is 0 Å². The number of aryl methyl sites for hydroxylation is 2. The van der Waals surface area contributed by atoms with Crippen LogP contribution >= 0.6 is 0 Å². The molecule has 0 aliphatic heterocycles. The topological polar surface area (TPSA) is 0 Å². The number of hydrogen-bond acceptors (Lipinski definition) is 0. The van der Waals surface area contributed by atoms with Crippen molar-refractivity contribution in [1.82, 2.24) is 0 Å². The molecule has 0 nitrogen and oxygen atoms in total. The van der Waals surface area contributed by atoms with Crippen molar-refractivity contribution in [2.45, 2.75) is 51.4 Å². The molecule has 0 heteroatoms. The van der Waals surface area contributed by atoms with Crippen LogP contribution in [-0.2, 0) is 25.7 Å². The maximum atomic E-state index is 2.35. The predicted molar refractivity (Wildman–Crippen MR) is 93.1 cm³/mol. The van der Waals surface area contributed by atoms with Crippen LogP contribution in [0.3, 0.4) is 0 Å². The van der Waals surface area contributed by atoms with Crippen molar-refractivity contribution in [1.29, 1.82) is 0 Å². The van der Waals surface area contributed by atoms with Crippen LogP contribution in [0.1, 0.15) is 47.9 Å². The van der Waals surface area contributed by atoms with Crippen LogP contribution in [0, 0.1) is 11.8 Å². The van der Waals surface area contributed by atoms with Crippen LogP contribution in [0.15, 0.2) is 48.5 Å². The van der Waals surface area contributed by atoms with E-state index in [9.17, 15) is 0 Å². The van der Waals surface area contributed by atoms with Gasteiger partial charge in [0.2, 0.25) is 0 Å². The molecule has 0 fully saturated rings. The highest BCUT2D eigenvalue weighted by Crippen LogP contribution is 2.33. The monoisotopic (exact) mass is 290 g/mol. The fourth-order valence-electron chi connectivity index (χ4n) is 4.51. The van der Waals surface area contributed by atoms with E-state index in [2.05, 4.69) is 48.5 Å². The molecule has 114 valence electrons. The molecule has 4 rings (SSSR count). The first-order valence-electron chi connectivity index (χ1n) is 9.02. The molecule has 0 bridgehead atoms. The van der Waals surface area contributed by atoms with Crippen molar-refractivity contribution in [3.8, 4) is 0 Å². The van der Waals surface area contributed by atoms with Gasteiger partial charge < -0.3 is 0 Å².